The Morgan fingerprint density at radius 2 is 1.74 bits per heavy atom. The lowest BCUT2D eigenvalue weighted by Gasteiger charge is -2.17. The summed E-state index contributed by atoms with van der Waals surface area (Å²) in [5.41, 5.74) is 10.4. The third kappa shape index (κ3) is 16.1. The van der Waals surface area contributed by atoms with Gasteiger partial charge in [-0.3, -0.25) is 9.79 Å². The Bertz CT molecular complexity index is 1260. The number of guanidine groups is 1. The number of hydrogen-bond acceptors (Lipinski definition) is 4. The van der Waals surface area contributed by atoms with Crippen LogP contribution in [0, 0.1) is 0 Å². The van der Waals surface area contributed by atoms with Gasteiger partial charge in [0.25, 0.3) is 0 Å². The SMILES string of the molecule is [2H]C([2H])([2H])C([2H])([2H])C([2H])([2H])C([2H])([2H])C([2H])([2H])C([2H])([2H])C([2H])([2H])C([2H])([2H])C([2H])([2H])C([2H])([2H])C([2H])([2H])C(=O)N[C@@H](CCCN=C(N)N)C(=O)OCC. The highest BCUT2D eigenvalue weighted by atomic mass is 16.5. The number of esters is 1. The molecule has 7 nitrogen and oxygen atoms in total. The van der Waals surface area contributed by atoms with Crippen LogP contribution < -0.4 is 16.8 Å². The number of carbonyl (C=O) groups is 2. The first-order valence-corrected chi connectivity index (χ1v) is 7.71. The van der Waals surface area contributed by atoms with Gasteiger partial charge in [0.1, 0.15) is 6.04 Å². The normalized spacial score (nSPS) is 30.0. The number of aliphatic imine (C=N–C) groups is 1. The number of nitrogens with two attached hydrogens (primary N) is 2. The molecule has 1 amide bonds. The Kier molecular flexibility index (Phi) is 4.33. The highest BCUT2D eigenvalue weighted by molar-refractivity contribution is 5.84. The molecule has 0 spiro atoms. The average Bonchev–Trinajstić information content (AvgIpc) is 2.92. The minimum Gasteiger partial charge on any atom is -0.464 e. The number of nitrogens with one attached hydrogen (secondary N) is 1. The molecule has 7 heteroatoms. The van der Waals surface area contributed by atoms with Gasteiger partial charge in [0, 0.05) is 44.4 Å². The zero-order chi connectivity index (χ0) is 40.8. The van der Waals surface area contributed by atoms with Crippen LogP contribution in [0.25, 0.3) is 0 Å². The van der Waals surface area contributed by atoms with Crippen LogP contribution in [0.5, 0.6) is 0 Å². The van der Waals surface area contributed by atoms with Crippen molar-refractivity contribution in [3.8, 4) is 0 Å². The molecule has 0 aromatic heterocycles. The molecule has 0 unspecified atom stereocenters. The summed E-state index contributed by atoms with van der Waals surface area (Å²) in [4.78, 5) is 29.1. The molecule has 158 valence electrons. The lowest BCUT2D eigenvalue weighted by Crippen LogP contribution is -2.42. The highest BCUT2D eigenvalue weighted by Crippen LogP contribution is 2.11. The largest absolute Gasteiger partial charge is 0.464 e. The quantitative estimate of drug-likeness (QED) is 0.148. The van der Waals surface area contributed by atoms with Crippen molar-refractivity contribution in [2.75, 3.05) is 13.2 Å². The molecule has 0 rings (SSSR count). The second-order valence-corrected chi connectivity index (χ2v) is 4.48. The molecule has 0 fully saturated rings. The van der Waals surface area contributed by atoms with E-state index in [-0.39, 0.29) is 32.0 Å². The van der Waals surface area contributed by atoms with Gasteiger partial charge in [-0.2, -0.15) is 0 Å². The Hall–Kier alpha value is -1.79. The molecule has 0 saturated heterocycles. The summed E-state index contributed by atoms with van der Waals surface area (Å²) in [5, 5.41) is 1.79. The maximum atomic E-state index is 13.1. The summed E-state index contributed by atoms with van der Waals surface area (Å²) >= 11 is 0. The summed E-state index contributed by atoms with van der Waals surface area (Å²) < 4.78 is 188. The van der Waals surface area contributed by atoms with Gasteiger partial charge in [0.05, 0.1) is 6.61 Å². The number of nitrogens with zero attached hydrogens (tertiary/aromatic N) is 1. The van der Waals surface area contributed by atoms with Crippen molar-refractivity contribution >= 4 is 17.8 Å². The fourth-order valence-corrected chi connectivity index (χ4v) is 1.50. The topological polar surface area (TPSA) is 120 Å². The molecule has 1 atom stereocenters. The van der Waals surface area contributed by atoms with Gasteiger partial charge in [0.2, 0.25) is 5.91 Å². The second kappa shape index (κ2) is 17.6. The summed E-state index contributed by atoms with van der Waals surface area (Å²) in [5.74, 6) is -3.63. The van der Waals surface area contributed by atoms with Crippen LogP contribution in [0.3, 0.4) is 0 Å². The number of ether oxygens (including phenoxy) is 1. The smallest absolute Gasteiger partial charge is 0.328 e. The molecule has 0 bridgehead atoms. The van der Waals surface area contributed by atoms with Crippen molar-refractivity contribution in [2.45, 2.75) is 96.4 Å². The van der Waals surface area contributed by atoms with Crippen molar-refractivity contribution in [1.29, 1.82) is 0 Å². The minimum absolute atomic E-state index is 0.0580. The molecule has 0 heterocycles. The fraction of sp³-hybridized carbons (Fsp3) is 0.850. The maximum Gasteiger partial charge on any atom is 0.328 e. The molecule has 0 aromatic rings. The standard InChI is InChI=1S/C20H40N4O3/c1-3-5-6-7-8-9-10-11-12-15-18(25)24-17(19(26)27-4-2)14-13-16-23-20(21)22/h17H,3-16H2,1-2H3,(H,24,25)(H4,21,22,23)/t17-/m0/s1/i1D3,3D2,5D2,6D2,7D2,8D2,9D2,10D2,11D2,12D2,15D2. The highest BCUT2D eigenvalue weighted by Gasteiger charge is 2.21. The van der Waals surface area contributed by atoms with E-state index in [1.54, 1.807) is 5.32 Å². The van der Waals surface area contributed by atoms with Crippen molar-refractivity contribution < 1.29 is 45.9 Å². The molecule has 27 heavy (non-hydrogen) atoms. The molecule has 0 aromatic carbocycles. The van der Waals surface area contributed by atoms with E-state index in [2.05, 4.69) is 4.99 Å². The number of amides is 1. The molecular formula is C20H40N4O3. The van der Waals surface area contributed by atoms with Crippen LogP contribution in [-0.2, 0) is 14.3 Å². The summed E-state index contributed by atoms with van der Waals surface area (Å²) in [6.45, 7) is -3.03. The molecule has 0 radical (unpaired) electrons. The van der Waals surface area contributed by atoms with Crippen LogP contribution in [-0.4, -0.2) is 37.0 Å². The van der Waals surface area contributed by atoms with Gasteiger partial charge < -0.3 is 21.5 Å². The van der Waals surface area contributed by atoms with Gasteiger partial charge in [-0.15, -0.1) is 0 Å². The molecule has 0 aliphatic rings. The van der Waals surface area contributed by atoms with E-state index in [0.717, 1.165) is 0 Å². The van der Waals surface area contributed by atoms with Crippen LogP contribution in [0.1, 0.15) is 122 Å². The van der Waals surface area contributed by atoms with Crippen molar-refractivity contribution in [3.05, 3.63) is 0 Å². The van der Waals surface area contributed by atoms with E-state index in [0.29, 0.717) is 0 Å². The third-order valence-corrected chi connectivity index (χ3v) is 2.50. The second-order valence-electron chi connectivity index (χ2n) is 4.48. The number of rotatable bonds is 17. The zero-order valence-electron chi connectivity index (χ0n) is 37.7. The van der Waals surface area contributed by atoms with Crippen LogP contribution in [0.4, 0.5) is 0 Å². The summed E-state index contributed by atoms with van der Waals surface area (Å²) in [7, 11) is 0. The van der Waals surface area contributed by atoms with Gasteiger partial charge in [-0.1, -0.05) is 57.8 Å². The van der Waals surface area contributed by atoms with Crippen LogP contribution in [0.15, 0.2) is 4.99 Å². The van der Waals surface area contributed by atoms with Crippen molar-refractivity contribution in [3.63, 3.8) is 0 Å². The van der Waals surface area contributed by atoms with E-state index in [4.69, 9.17) is 47.7 Å². The van der Waals surface area contributed by atoms with E-state index >= 15 is 0 Å². The Labute approximate surface area is 197 Å². The number of carbonyl (C=O) groups excluding carboxylic acids is 2. The van der Waals surface area contributed by atoms with E-state index < -0.39 is 88.5 Å². The summed E-state index contributed by atoms with van der Waals surface area (Å²) in [6, 6.07) is -1.74. The fourth-order valence-electron chi connectivity index (χ4n) is 1.50. The first-order valence-electron chi connectivity index (χ1n) is 19.2. The molecule has 0 aliphatic carbocycles. The maximum absolute atomic E-state index is 13.1. The van der Waals surface area contributed by atoms with Crippen molar-refractivity contribution in [1.82, 2.24) is 5.32 Å². The lowest BCUT2D eigenvalue weighted by atomic mass is 10.1. The van der Waals surface area contributed by atoms with E-state index in [9.17, 15) is 9.59 Å². The van der Waals surface area contributed by atoms with Gasteiger partial charge in [0.15, 0.2) is 5.96 Å². The number of hydrogen-bond donors (Lipinski definition) is 3. The average molecular weight is 408 g/mol. The van der Waals surface area contributed by atoms with Crippen LogP contribution in [0.2, 0.25) is 0 Å². The predicted molar refractivity (Wildman–Crippen MR) is 110 cm³/mol. The predicted octanol–water partition coefficient (Wildman–Crippen LogP) is 3.01. The summed E-state index contributed by atoms with van der Waals surface area (Å²) in [6.07, 6.45) is -46.9. The molecular weight excluding hydrogens is 344 g/mol. The minimum atomic E-state index is -4.87. The molecule has 0 saturated carbocycles. The van der Waals surface area contributed by atoms with Crippen LogP contribution >= 0.6 is 0 Å². The molecule has 0 aliphatic heterocycles. The Morgan fingerprint density at radius 1 is 1.11 bits per heavy atom. The first-order chi connectivity index (χ1) is 21.7. The Morgan fingerprint density at radius 3 is 2.33 bits per heavy atom. The first kappa shape index (κ1) is 6.63. The van der Waals surface area contributed by atoms with Crippen molar-refractivity contribution in [2.24, 2.45) is 16.5 Å². The van der Waals surface area contributed by atoms with E-state index in [1.807, 2.05) is 0 Å². The lowest BCUT2D eigenvalue weighted by molar-refractivity contribution is -0.147. The van der Waals surface area contributed by atoms with E-state index in [1.165, 1.54) is 6.92 Å². The third-order valence-electron chi connectivity index (χ3n) is 2.50. The van der Waals surface area contributed by atoms with Gasteiger partial charge >= 0.3 is 5.97 Å². The molecule has 5 N–H and O–H groups in total. The Balaban J connectivity index is 7.06. The zero-order valence-corrected chi connectivity index (χ0v) is 14.7. The van der Waals surface area contributed by atoms with Gasteiger partial charge in [-0.25, -0.2) is 4.79 Å². The van der Waals surface area contributed by atoms with Gasteiger partial charge in [-0.05, 0) is 26.1 Å². The monoisotopic (exact) mass is 407 g/mol.